The minimum atomic E-state index is -0.358. The maximum absolute atomic E-state index is 11.8. The van der Waals surface area contributed by atoms with E-state index in [0.29, 0.717) is 0 Å². The second-order valence-corrected chi connectivity index (χ2v) is 4.46. The number of imide groups is 1. The average molecular weight is 227 g/mol. The number of carbonyl (C=O) groups is 2. The lowest BCUT2D eigenvalue weighted by Crippen LogP contribution is -2.70. The van der Waals surface area contributed by atoms with Crippen molar-refractivity contribution in [3.8, 4) is 0 Å². The fourth-order valence-electron chi connectivity index (χ4n) is 2.54. The smallest absolute Gasteiger partial charge is 0.325 e. The van der Waals surface area contributed by atoms with Gasteiger partial charge in [-0.15, -0.1) is 0 Å². The molecule has 90 valence electrons. The molecule has 0 aliphatic carbocycles. The van der Waals surface area contributed by atoms with Crippen LogP contribution in [-0.2, 0) is 9.53 Å². The number of methoxy groups -OCH3 is 1. The molecule has 2 aliphatic heterocycles. The van der Waals surface area contributed by atoms with Crippen LogP contribution in [0.3, 0.4) is 0 Å². The first-order valence-corrected chi connectivity index (χ1v) is 5.40. The molecule has 2 rings (SSSR count). The Hall–Kier alpha value is -1.14. The summed E-state index contributed by atoms with van der Waals surface area (Å²) in [5.74, 6) is -0.339. The first kappa shape index (κ1) is 11.3. The molecule has 3 amide bonds. The molecule has 16 heavy (non-hydrogen) atoms. The second-order valence-electron chi connectivity index (χ2n) is 4.46. The van der Waals surface area contributed by atoms with E-state index in [1.807, 2.05) is 6.92 Å². The van der Waals surface area contributed by atoms with E-state index in [9.17, 15) is 9.59 Å². The third kappa shape index (κ3) is 1.58. The van der Waals surface area contributed by atoms with E-state index in [1.54, 1.807) is 14.2 Å². The molecule has 0 bridgehead atoms. The molecular formula is C10H17N3O3. The third-order valence-electron chi connectivity index (χ3n) is 3.45. The number of piperidine rings is 1. The summed E-state index contributed by atoms with van der Waals surface area (Å²) in [5.41, 5.74) is 0. The lowest BCUT2D eigenvalue weighted by Gasteiger charge is -2.46. The molecule has 4 unspecified atom stereocenters. The molecule has 0 aromatic rings. The van der Waals surface area contributed by atoms with Gasteiger partial charge in [-0.2, -0.15) is 0 Å². The number of amides is 3. The van der Waals surface area contributed by atoms with E-state index in [2.05, 4.69) is 10.6 Å². The van der Waals surface area contributed by atoms with Gasteiger partial charge in [0.2, 0.25) is 5.91 Å². The number of fused-ring (bicyclic) bond motifs is 1. The Kier molecular flexibility index (Phi) is 2.86. The topological polar surface area (TPSA) is 70.7 Å². The summed E-state index contributed by atoms with van der Waals surface area (Å²) in [7, 11) is 3.28. The van der Waals surface area contributed by atoms with Crippen molar-refractivity contribution in [1.29, 1.82) is 0 Å². The monoisotopic (exact) mass is 227 g/mol. The van der Waals surface area contributed by atoms with E-state index < -0.39 is 0 Å². The molecule has 0 saturated carbocycles. The van der Waals surface area contributed by atoms with E-state index in [-0.39, 0.29) is 36.0 Å². The molecule has 2 fully saturated rings. The van der Waals surface area contributed by atoms with Crippen LogP contribution in [0.15, 0.2) is 0 Å². The summed E-state index contributed by atoms with van der Waals surface area (Å²) in [6, 6.07) is -0.358. The standard InChI is InChI=1S/C10H17N3O3/c1-5-4-11-8-6(7(5)16-3)9(14)12-10(15)13(8)2/h5-8,11H,4H2,1-3H3,(H,12,14,15). The zero-order valence-corrected chi connectivity index (χ0v) is 9.69. The number of ether oxygens (including phenoxy) is 1. The van der Waals surface area contributed by atoms with Gasteiger partial charge >= 0.3 is 6.03 Å². The van der Waals surface area contributed by atoms with Crippen LogP contribution in [0.4, 0.5) is 4.79 Å². The minimum Gasteiger partial charge on any atom is -0.380 e. The van der Waals surface area contributed by atoms with Crippen LogP contribution in [0.5, 0.6) is 0 Å². The summed E-state index contributed by atoms with van der Waals surface area (Å²) < 4.78 is 5.39. The quantitative estimate of drug-likeness (QED) is 0.625. The summed E-state index contributed by atoms with van der Waals surface area (Å²) in [5, 5.41) is 5.55. The lowest BCUT2D eigenvalue weighted by molar-refractivity contribution is -0.141. The summed E-state index contributed by atoms with van der Waals surface area (Å²) in [4.78, 5) is 24.8. The molecule has 2 heterocycles. The van der Waals surface area contributed by atoms with Crippen LogP contribution < -0.4 is 10.6 Å². The molecule has 2 N–H and O–H groups in total. The van der Waals surface area contributed by atoms with Crippen molar-refractivity contribution < 1.29 is 14.3 Å². The maximum atomic E-state index is 11.8. The van der Waals surface area contributed by atoms with Gasteiger partial charge in [-0.25, -0.2) is 4.79 Å². The van der Waals surface area contributed by atoms with Gasteiger partial charge in [0.1, 0.15) is 0 Å². The first-order chi connectivity index (χ1) is 7.56. The highest BCUT2D eigenvalue weighted by Gasteiger charge is 2.48. The van der Waals surface area contributed by atoms with Gasteiger partial charge in [-0.05, 0) is 5.92 Å². The van der Waals surface area contributed by atoms with Crippen LogP contribution in [0.2, 0.25) is 0 Å². The van der Waals surface area contributed by atoms with Crippen LogP contribution in [-0.4, -0.2) is 49.8 Å². The SMILES string of the molecule is COC1C(C)CNC2C1C(=O)NC(=O)N2C. The highest BCUT2D eigenvalue weighted by Crippen LogP contribution is 2.28. The van der Waals surface area contributed by atoms with Crippen molar-refractivity contribution in [3.63, 3.8) is 0 Å². The fraction of sp³-hybridized carbons (Fsp3) is 0.800. The predicted molar refractivity (Wildman–Crippen MR) is 56.5 cm³/mol. The van der Waals surface area contributed by atoms with Gasteiger partial charge in [0.15, 0.2) is 0 Å². The van der Waals surface area contributed by atoms with Gasteiger partial charge in [0, 0.05) is 20.7 Å². The van der Waals surface area contributed by atoms with Crippen LogP contribution in [0.1, 0.15) is 6.92 Å². The number of rotatable bonds is 1. The predicted octanol–water partition coefficient (Wildman–Crippen LogP) is -0.635. The Morgan fingerprint density at radius 2 is 2.12 bits per heavy atom. The Bertz CT molecular complexity index is 320. The number of hydrogen-bond acceptors (Lipinski definition) is 4. The Morgan fingerprint density at radius 3 is 2.75 bits per heavy atom. The molecule has 6 heteroatoms. The van der Waals surface area contributed by atoms with Crippen LogP contribution in [0.25, 0.3) is 0 Å². The number of nitrogens with one attached hydrogen (secondary N) is 2. The molecule has 0 aromatic carbocycles. The summed E-state index contributed by atoms with van der Waals surface area (Å²) in [6.45, 7) is 2.77. The highest BCUT2D eigenvalue weighted by molar-refractivity contribution is 5.98. The van der Waals surface area contributed by atoms with Gasteiger partial charge in [0.05, 0.1) is 18.2 Å². The summed E-state index contributed by atoms with van der Waals surface area (Å²) >= 11 is 0. The molecule has 0 radical (unpaired) electrons. The molecular weight excluding hydrogens is 210 g/mol. The molecule has 0 spiro atoms. The van der Waals surface area contributed by atoms with Crippen molar-refractivity contribution >= 4 is 11.9 Å². The van der Waals surface area contributed by atoms with Crippen molar-refractivity contribution in [2.75, 3.05) is 20.7 Å². The number of carbonyl (C=O) groups excluding carboxylic acids is 2. The van der Waals surface area contributed by atoms with E-state index in [0.717, 1.165) is 6.54 Å². The Labute approximate surface area is 94.3 Å². The normalized spacial score (nSPS) is 39.3. The van der Waals surface area contributed by atoms with E-state index in [1.165, 1.54) is 4.90 Å². The van der Waals surface area contributed by atoms with Crippen LogP contribution in [0, 0.1) is 11.8 Å². The fourth-order valence-corrected chi connectivity index (χ4v) is 2.54. The van der Waals surface area contributed by atoms with E-state index in [4.69, 9.17) is 4.74 Å². The minimum absolute atomic E-state index is 0.151. The van der Waals surface area contributed by atoms with Crippen LogP contribution >= 0.6 is 0 Å². The Balaban J connectivity index is 2.27. The largest absolute Gasteiger partial charge is 0.380 e. The zero-order chi connectivity index (χ0) is 11.9. The average Bonchev–Trinajstić information content (AvgIpc) is 2.25. The molecule has 6 nitrogen and oxygen atoms in total. The van der Waals surface area contributed by atoms with Gasteiger partial charge in [-0.1, -0.05) is 6.92 Å². The molecule has 2 saturated heterocycles. The van der Waals surface area contributed by atoms with Crippen molar-refractivity contribution in [1.82, 2.24) is 15.5 Å². The van der Waals surface area contributed by atoms with Gasteiger partial charge < -0.3 is 9.64 Å². The highest BCUT2D eigenvalue weighted by atomic mass is 16.5. The number of nitrogens with zero attached hydrogens (tertiary/aromatic N) is 1. The Morgan fingerprint density at radius 1 is 1.44 bits per heavy atom. The van der Waals surface area contributed by atoms with Crippen molar-refractivity contribution in [2.24, 2.45) is 11.8 Å². The molecule has 4 atom stereocenters. The number of urea groups is 1. The van der Waals surface area contributed by atoms with Gasteiger partial charge in [-0.3, -0.25) is 15.4 Å². The summed E-state index contributed by atoms with van der Waals surface area (Å²) in [6.07, 6.45) is -0.413. The lowest BCUT2D eigenvalue weighted by atomic mass is 9.83. The van der Waals surface area contributed by atoms with Gasteiger partial charge in [0.25, 0.3) is 0 Å². The van der Waals surface area contributed by atoms with Crippen molar-refractivity contribution in [3.05, 3.63) is 0 Å². The van der Waals surface area contributed by atoms with E-state index >= 15 is 0 Å². The second kappa shape index (κ2) is 4.03. The number of hydrogen-bond donors (Lipinski definition) is 2. The maximum Gasteiger partial charge on any atom is 0.325 e. The third-order valence-corrected chi connectivity index (χ3v) is 3.45. The first-order valence-electron chi connectivity index (χ1n) is 5.40. The zero-order valence-electron chi connectivity index (χ0n) is 9.69. The molecule has 2 aliphatic rings. The van der Waals surface area contributed by atoms with Crippen molar-refractivity contribution in [2.45, 2.75) is 19.2 Å². The molecule has 0 aromatic heterocycles.